The molecule has 1 aliphatic carbocycles. The van der Waals surface area contributed by atoms with Gasteiger partial charge in [0.2, 0.25) is 5.91 Å². The minimum atomic E-state index is -0.948. The molecule has 0 spiro atoms. The molecular weight excluding hydrogens is 356 g/mol. The highest BCUT2D eigenvalue weighted by Gasteiger charge is 2.40. The second-order valence-corrected chi connectivity index (χ2v) is 8.20. The van der Waals surface area contributed by atoms with Crippen LogP contribution in [-0.2, 0) is 9.53 Å². The summed E-state index contributed by atoms with van der Waals surface area (Å²) in [7, 11) is 0. The molecule has 3 rings (SSSR count). The molecule has 2 fully saturated rings. The van der Waals surface area contributed by atoms with Gasteiger partial charge < -0.3 is 20.5 Å². The maximum absolute atomic E-state index is 13.2. The molecule has 0 aromatic heterocycles. The molecule has 6 heteroatoms. The van der Waals surface area contributed by atoms with E-state index in [0.29, 0.717) is 32.0 Å². The van der Waals surface area contributed by atoms with Crippen molar-refractivity contribution in [3.63, 3.8) is 0 Å². The number of carboxylic acid groups (broad SMARTS) is 1. The van der Waals surface area contributed by atoms with Crippen LogP contribution in [0, 0.1) is 5.92 Å². The molecule has 0 bridgehead atoms. The summed E-state index contributed by atoms with van der Waals surface area (Å²) in [4.78, 5) is 24.2. The zero-order valence-electron chi connectivity index (χ0n) is 16.7. The van der Waals surface area contributed by atoms with Crippen LogP contribution in [0.5, 0.6) is 0 Å². The lowest BCUT2D eigenvalue weighted by Crippen LogP contribution is -2.60. The Kier molecular flexibility index (Phi) is 7.08. The number of ether oxygens (including phenoxy) is 1. The van der Waals surface area contributed by atoms with Gasteiger partial charge in [0, 0.05) is 13.2 Å². The van der Waals surface area contributed by atoms with E-state index < -0.39 is 11.5 Å². The lowest BCUT2D eigenvalue weighted by Gasteiger charge is -2.39. The average molecular weight is 389 g/mol. The molecule has 0 radical (unpaired) electrons. The second-order valence-electron chi connectivity index (χ2n) is 8.20. The molecule has 1 amide bonds. The summed E-state index contributed by atoms with van der Waals surface area (Å²) in [5.41, 5.74) is 0.565. The van der Waals surface area contributed by atoms with Crippen LogP contribution in [0.2, 0.25) is 0 Å². The van der Waals surface area contributed by atoms with Crippen molar-refractivity contribution in [1.29, 1.82) is 0 Å². The summed E-state index contributed by atoms with van der Waals surface area (Å²) < 4.78 is 5.52. The van der Waals surface area contributed by atoms with Gasteiger partial charge in [-0.2, -0.15) is 0 Å². The Hall–Kier alpha value is -1.92. The molecule has 1 aromatic carbocycles. The Labute approximate surface area is 167 Å². The Morgan fingerprint density at radius 2 is 1.79 bits per heavy atom. The van der Waals surface area contributed by atoms with Gasteiger partial charge in [0.15, 0.2) is 0 Å². The van der Waals surface area contributed by atoms with Crippen molar-refractivity contribution in [3.8, 4) is 0 Å². The molecule has 1 atom stereocenters. The van der Waals surface area contributed by atoms with E-state index in [0.717, 1.165) is 12.1 Å². The van der Waals surface area contributed by atoms with E-state index in [1.54, 1.807) is 24.3 Å². The summed E-state index contributed by atoms with van der Waals surface area (Å²) in [5.74, 6) is -0.278. The van der Waals surface area contributed by atoms with Crippen molar-refractivity contribution in [2.24, 2.45) is 5.92 Å². The minimum absolute atomic E-state index is 0.0152. The van der Waals surface area contributed by atoms with Crippen molar-refractivity contribution in [2.45, 2.75) is 63.5 Å². The van der Waals surface area contributed by atoms with Gasteiger partial charge in [-0.3, -0.25) is 4.79 Å². The van der Waals surface area contributed by atoms with Gasteiger partial charge in [0.25, 0.3) is 0 Å². The smallest absolute Gasteiger partial charge is 0.335 e. The third kappa shape index (κ3) is 5.11. The van der Waals surface area contributed by atoms with Crippen LogP contribution >= 0.6 is 0 Å². The lowest BCUT2D eigenvalue weighted by atomic mass is 9.85. The number of nitrogens with one attached hydrogen (secondary N) is 2. The number of hydrogen-bond donors (Lipinski definition) is 3. The van der Waals surface area contributed by atoms with E-state index in [2.05, 4.69) is 10.6 Å². The van der Waals surface area contributed by atoms with Gasteiger partial charge in [-0.15, -0.1) is 0 Å². The maximum Gasteiger partial charge on any atom is 0.335 e. The monoisotopic (exact) mass is 388 g/mol. The minimum Gasteiger partial charge on any atom is -0.478 e. The first-order valence-electron chi connectivity index (χ1n) is 10.5. The van der Waals surface area contributed by atoms with Gasteiger partial charge in [0.05, 0.1) is 11.6 Å². The molecule has 1 aliphatic heterocycles. The first-order valence-corrected chi connectivity index (χ1v) is 10.5. The summed E-state index contributed by atoms with van der Waals surface area (Å²) in [5, 5.41) is 15.8. The van der Waals surface area contributed by atoms with E-state index in [-0.39, 0.29) is 17.5 Å². The number of carbonyl (C=O) groups is 2. The molecular formula is C22H32N2O4. The van der Waals surface area contributed by atoms with Crippen molar-refractivity contribution in [1.82, 2.24) is 10.6 Å². The molecule has 1 saturated heterocycles. The van der Waals surface area contributed by atoms with Crippen molar-refractivity contribution >= 4 is 11.9 Å². The molecule has 154 valence electrons. The highest BCUT2D eigenvalue weighted by Crippen LogP contribution is 2.27. The van der Waals surface area contributed by atoms with Gasteiger partial charge in [0.1, 0.15) is 5.54 Å². The zero-order chi connectivity index (χ0) is 20.0. The van der Waals surface area contributed by atoms with Crippen LogP contribution in [0.25, 0.3) is 0 Å². The largest absolute Gasteiger partial charge is 0.478 e. The highest BCUT2D eigenvalue weighted by atomic mass is 16.5. The fraction of sp³-hybridized carbons (Fsp3) is 0.636. The topological polar surface area (TPSA) is 87.7 Å². The van der Waals surface area contributed by atoms with Gasteiger partial charge in [-0.05, 0) is 62.8 Å². The molecule has 1 aromatic rings. The van der Waals surface area contributed by atoms with E-state index in [1.807, 2.05) is 6.92 Å². The molecule has 2 aliphatic rings. The standard InChI is InChI=1S/C22H32N2O4/c1-16(18-7-9-19(10-8-18)20(25)26)24-21(27)22(11-13-28-14-12-22)23-15-17-5-3-2-4-6-17/h7-10,16-17,23H,2-6,11-15H2,1H3,(H,24,27)(H,25,26). The summed E-state index contributed by atoms with van der Waals surface area (Å²) in [6.07, 6.45) is 7.75. The molecule has 28 heavy (non-hydrogen) atoms. The SMILES string of the molecule is CC(NC(=O)C1(NCC2CCCCC2)CCOCC1)c1ccc(C(=O)O)cc1. The predicted octanol–water partition coefficient (Wildman–Crippen LogP) is 3.28. The van der Waals surface area contributed by atoms with Crippen LogP contribution in [-0.4, -0.2) is 42.3 Å². The number of rotatable bonds is 7. The highest BCUT2D eigenvalue weighted by molar-refractivity contribution is 5.88. The van der Waals surface area contributed by atoms with Gasteiger partial charge in [-0.25, -0.2) is 4.79 Å². The molecule has 3 N–H and O–H groups in total. The van der Waals surface area contributed by atoms with E-state index in [1.165, 1.54) is 32.1 Å². The first-order chi connectivity index (χ1) is 13.5. The number of hydrogen-bond acceptors (Lipinski definition) is 4. The van der Waals surface area contributed by atoms with Crippen LogP contribution in [0.15, 0.2) is 24.3 Å². The maximum atomic E-state index is 13.2. The van der Waals surface area contributed by atoms with E-state index in [4.69, 9.17) is 9.84 Å². The Morgan fingerprint density at radius 3 is 2.39 bits per heavy atom. The zero-order valence-corrected chi connectivity index (χ0v) is 16.7. The normalized spacial score (nSPS) is 21.0. The molecule has 6 nitrogen and oxygen atoms in total. The Balaban J connectivity index is 1.63. The van der Waals surface area contributed by atoms with Crippen LogP contribution in [0.1, 0.15) is 73.8 Å². The second kappa shape index (κ2) is 9.52. The Morgan fingerprint density at radius 1 is 1.14 bits per heavy atom. The third-order valence-electron chi connectivity index (χ3n) is 6.24. The number of benzene rings is 1. The molecule has 1 heterocycles. The number of amides is 1. The van der Waals surface area contributed by atoms with Crippen LogP contribution in [0.3, 0.4) is 0 Å². The fourth-order valence-corrected chi connectivity index (χ4v) is 4.27. The summed E-state index contributed by atoms with van der Waals surface area (Å²) >= 11 is 0. The van der Waals surface area contributed by atoms with Gasteiger partial charge >= 0.3 is 5.97 Å². The number of carboxylic acids is 1. The quantitative estimate of drug-likeness (QED) is 0.667. The van der Waals surface area contributed by atoms with Gasteiger partial charge in [-0.1, -0.05) is 31.4 Å². The number of carbonyl (C=O) groups excluding carboxylic acids is 1. The van der Waals surface area contributed by atoms with Crippen molar-refractivity contribution < 1.29 is 19.4 Å². The summed E-state index contributed by atoms with van der Waals surface area (Å²) in [6, 6.07) is 6.49. The first kappa shape index (κ1) is 20.8. The van der Waals surface area contributed by atoms with Crippen molar-refractivity contribution in [3.05, 3.63) is 35.4 Å². The fourth-order valence-electron chi connectivity index (χ4n) is 4.27. The van der Waals surface area contributed by atoms with E-state index in [9.17, 15) is 9.59 Å². The predicted molar refractivity (Wildman–Crippen MR) is 107 cm³/mol. The third-order valence-corrected chi connectivity index (χ3v) is 6.24. The molecule has 1 unspecified atom stereocenters. The Bertz CT molecular complexity index is 662. The van der Waals surface area contributed by atoms with Crippen LogP contribution < -0.4 is 10.6 Å². The van der Waals surface area contributed by atoms with Crippen LogP contribution in [0.4, 0.5) is 0 Å². The lowest BCUT2D eigenvalue weighted by molar-refractivity contribution is -0.132. The number of aromatic carboxylic acids is 1. The average Bonchev–Trinajstić information content (AvgIpc) is 2.73. The van der Waals surface area contributed by atoms with E-state index >= 15 is 0 Å². The molecule has 1 saturated carbocycles. The van der Waals surface area contributed by atoms with Crippen molar-refractivity contribution in [2.75, 3.05) is 19.8 Å². The summed E-state index contributed by atoms with van der Waals surface area (Å²) in [6.45, 7) is 4.00.